The first-order chi connectivity index (χ1) is 8.33. The van der Waals surface area contributed by atoms with E-state index in [1.807, 2.05) is 0 Å². The average Bonchev–Trinajstić information content (AvgIpc) is 2.84. The van der Waals surface area contributed by atoms with Gasteiger partial charge in [0.1, 0.15) is 0 Å². The van der Waals surface area contributed by atoms with Crippen molar-refractivity contribution in [2.24, 2.45) is 0 Å². The third-order valence-corrected chi connectivity index (χ3v) is 4.11. The maximum absolute atomic E-state index is 3.63. The largest absolute Gasteiger partial charge is 0.355 e. The molecule has 1 fully saturated rings. The standard InChI is InChI=1S/C14H17N3/c1-9-6-7-11-13(8-9)17-12-5-3-2-4-10(12)15-14(17)16-11/h2-5,8,10,12,14-16H,6-7H2,1H3. The Labute approximate surface area is 102 Å². The monoisotopic (exact) mass is 227 g/mol. The molecule has 0 saturated carbocycles. The van der Waals surface area contributed by atoms with Crippen LogP contribution in [0.15, 0.2) is 47.3 Å². The predicted molar refractivity (Wildman–Crippen MR) is 67.8 cm³/mol. The van der Waals surface area contributed by atoms with Gasteiger partial charge in [0.15, 0.2) is 6.29 Å². The lowest BCUT2D eigenvalue weighted by Gasteiger charge is -2.27. The number of hydrogen-bond acceptors (Lipinski definition) is 3. The van der Waals surface area contributed by atoms with Crippen molar-refractivity contribution in [2.75, 3.05) is 0 Å². The summed E-state index contributed by atoms with van der Waals surface area (Å²) in [6, 6.07) is 0.911. The quantitative estimate of drug-likeness (QED) is 0.658. The van der Waals surface area contributed by atoms with Crippen LogP contribution < -0.4 is 10.6 Å². The highest BCUT2D eigenvalue weighted by Gasteiger charge is 2.44. The van der Waals surface area contributed by atoms with Gasteiger partial charge in [0.05, 0.1) is 17.8 Å². The van der Waals surface area contributed by atoms with Crippen LogP contribution >= 0.6 is 0 Å². The Balaban J connectivity index is 1.74. The van der Waals surface area contributed by atoms with Gasteiger partial charge < -0.3 is 10.2 Å². The molecule has 2 heterocycles. The van der Waals surface area contributed by atoms with Gasteiger partial charge in [-0.15, -0.1) is 0 Å². The van der Waals surface area contributed by atoms with E-state index in [0.29, 0.717) is 12.1 Å². The van der Waals surface area contributed by atoms with Crippen molar-refractivity contribution in [3.63, 3.8) is 0 Å². The Morgan fingerprint density at radius 3 is 3.06 bits per heavy atom. The first kappa shape index (κ1) is 9.54. The molecular formula is C14H17N3. The summed E-state index contributed by atoms with van der Waals surface area (Å²) < 4.78 is 0. The van der Waals surface area contributed by atoms with Crippen LogP contribution in [0, 0.1) is 0 Å². The minimum absolute atomic E-state index is 0.282. The van der Waals surface area contributed by atoms with E-state index in [-0.39, 0.29) is 6.29 Å². The topological polar surface area (TPSA) is 27.3 Å². The second kappa shape index (κ2) is 3.26. The SMILES string of the molecule is CC1=CC2=C(CC1)NC1NC3C=CC=CC3N21. The van der Waals surface area contributed by atoms with Gasteiger partial charge in [-0.25, -0.2) is 0 Å². The molecule has 0 spiro atoms. The number of rotatable bonds is 0. The first-order valence-electron chi connectivity index (χ1n) is 6.39. The van der Waals surface area contributed by atoms with Crippen LogP contribution in [0.1, 0.15) is 19.8 Å². The molecule has 0 aromatic carbocycles. The van der Waals surface area contributed by atoms with Crippen LogP contribution in [0.3, 0.4) is 0 Å². The van der Waals surface area contributed by atoms with Gasteiger partial charge in [-0.2, -0.15) is 0 Å². The van der Waals surface area contributed by atoms with E-state index in [0.717, 1.165) is 6.42 Å². The molecule has 1 saturated heterocycles. The molecule has 0 aromatic heterocycles. The molecule has 0 amide bonds. The Morgan fingerprint density at radius 1 is 1.24 bits per heavy atom. The molecule has 0 aromatic rings. The van der Waals surface area contributed by atoms with Gasteiger partial charge in [0.25, 0.3) is 0 Å². The van der Waals surface area contributed by atoms with Gasteiger partial charge in [-0.05, 0) is 25.8 Å². The highest BCUT2D eigenvalue weighted by Crippen LogP contribution is 2.36. The third kappa shape index (κ3) is 1.26. The third-order valence-electron chi connectivity index (χ3n) is 4.11. The number of nitrogens with one attached hydrogen (secondary N) is 2. The number of allylic oxidation sites excluding steroid dienone is 5. The van der Waals surface area contributed by atoms with Gasteiger partial charge >= 0.3 is 0 Å². The van der Waals surface area contributed by atoms with E-state index in [4.69, 9.17) is 0 Å². The van der Waals surface area contributed by atoms with Crippen molar-refractivity contribution >= 4 is 0 Å². The van der Waals surface area contributed by atoms with Crippen molar-refractivity contribution in [2.45, 2.75) is 38.1 Å². The molecule has 17 heavy (non-hydrogen) atoms. The summed E-state index contributed by atoms with van der Waals surface area (Å²) >= 11 is 0. The second-order valence-electron chi connectivity index (χ2n) is 5.26. The molecule has 4 rings (SSSR count). The van der Waals surface area contributed by atoms with Crippen LogP contribution in [0.5, 0.6) is 0 Å². The van der Waals surface area contributed by atoms with Crippen LogP contribution in [-0.4, -0.2) is 23.3 Å². The Morgan fingerprint density at radius 2 is 2.12 bits per heavy atom. The van der Waals surface area contributed by atoms with Crippen molar-refractivity contribution in [3.05, 3.63) is 47.3 Å². The van der Waals surface area contributed by atoms with Gasteiger partial charge in [0.2, 0.25) is 0 Å². The van der Waals surface area contributed by atoms with Crippen LogP contribution in [0.25, 0.3) is 0 Å². The normalized spacial score (nSPS) is 37.6. The fourth-order valence-corrected chi connectivity index (χ4v) is 3.25. The zero-order valence-electron chi connectivity index (χ0n) is 9.98. The van der Waals surface area contributed by atoms with Crippen LogP contribution in [-0.2, 0) is 0 Å². The first-order valence-corrected chi connectivity index (χ1v) is 6.39. The molecule has 0 bridgehead atoms. The number of fused-ring (bicyclic) bond motifs is 4. The maximum atomic E-state index is 3.63. The maximum Gasteiger partial charge on any atom is 0.156 e. The number of hydrogen-bond donors (Lipinski definition) is 2. The van der Waals surface area contributed by atoms with Crippen molar-refractivity contribution < 1.29 is 0 Å². The zero-order valence-corrected chi connectivity index (χ0v) is 9.98. The van der Waals surface area contributed by atoms with Crippen molar-refractivity contribution in [3.8, 4) is 0 Å². The van der Waals surface area contributed by atoms with E-state index in [1.165, 1.54) is 23.4 Å². The number of nitrogens with zero attached hydrogens (tertiary/aromatic N) is 1. The molecule has 4 aliphatic rings. The molecule has 88 valence electrons. The van der Waals surface area contributed by atoms with E-state index < -0.39 is 0 Å². The van der Waals surface area contributed by atoms with Gasteiger partial charge in [-0.3, -0.25) is 5.32 Å². The predicted octanol–water partition coefficient (Wildman–Crippen LogP) is 1.59. The fraction of sp³-hybridized carbons (Fsp3) is 0.429. The van der Waals surface area contributed by atoms with Gasteiger partial charge in [0, 0.05) is 5.70 Å². The molecule has 3 nitrogen and oxygen atoms in total. The fourth-order valence-electron chi connectivity index (χ4n) is 3.25. The van der Waals surface area contributed by atoms with Crippen molar-refractivity contribution in [1.82, 2.24) is 15.5 Å². The minimum atomic E-state index is 0.282. The summed E-state index contributed by atoms with van der Waals surface area (Å²) in [7, 11) is 0. The molecule has 3 unspecified atom stereocenters. The molecule has 0 radical (unpaired) electrons. The lowest BCUT2D eigenvalue weighted by molar-refractivity contribution is 0.286. The second-order valence-corrected chi connectivity index (χ2v) is 5.26. The summed E-state index contributed by atoms with van der Waals surface area (Å²) in [6.07, 6.45) is 13.8. The molecular weight excluding hydrogens is 210 g/mol. The molecule has 3 atom stereocenters. The van der Waals surface area contributed by atoms with E-state index in [1.54, 1.807) is 0 Å². The van der Waals surface area contributed by atoms with Crippen molar-refractivity contribution in [1.29, 1.82) is 0 Å². The molecule has 2 aliphatic heterocycles. The van der Waals surface area contributed by atoms with Gasteiger partial charge in [-0.1, -0.05) is 29.9 Å². The summed E-state index contributed by atoms with van der Waals surface area (Å²) in [4.78, 5) is 2.49. The Kier molecular flexibility index (Phi) is 1.83. The molecule has 3 heteroatoms. The smallest absolute Gasteiger partial charge is 0.156 e. The zero-order chi connectivity index (χ0) is 11.4. The summed E-state index contributed by atoms with van der Waals surface area (Å²) in [5, 5.41) is 7.25. The van der Waals surface area contributed by atoms with E-state index in [9.17, 15) is 0 Å². The molecule has 2 N–H and O–H groups in total. The summed E-state index contributed by atoms with van der Waals surface area (Å²) in [6.45, 7) is 2.23. The van der Waals surface area contributed by atoms with E-state index in [2.05, 4.69) is 52.8 Å². The average molecular weight is 227 g/mol. The van der Waals surface area contributed by atoms with Crippen LogP contribution in [0.2, 0.25) is 0 Å². The lowest BCUT2D eigenvalue weighted by Crippen LogP contribution is -2.41. The summed E-state index contributed by atoms with van der Waals surface area (Å²) in [5.41, 5.74) is 4.30. The Bertz CT molecular complexity index is 484. The highest BCUT2D eigenvalue weighted by molar-refractivity contribution is 5.40. The lowest BCUT2D eigenvalue weighted by atomic mass is 9.99. The minimum Gasteiger partial charge on any atom is -0.355 e. The molecule has 2 aliphatic carbocycles. The highest BCUT2D eigenvalue weighted by atomic mass is 15.5. The van der Waals surface area contributed by atoms with Crippen LogP contribution in [0.4, 0.5) is 0 Å². The van der Waals surface area contributed by atoms with E-state index >= 15 is 0 Å². The summed E-state index contributed by atoms with van der Waals surface area (Å²) in [5.74, 6) is 0. The Hall–Kier alpha value is -1.48.